The van der Waals surface area contributed by atoms with Crippen LogP contribution in [-0.4, -0.2) is 42.7 Å². The minimum Gasteiger partial charge on any atom is -0.465 e. The Kier molecular flexibility index (Phi) is 3.80. The zero-order chi connectivity index (χ0) is 16.8. The Morgan fingerprint density at radius 1 is 1.39 bits per heavy atom. The molecule has 0 saturated heterocycles. The number of aliphatic hydroxyl groups is 1. The van der Waals surface area contributed by atoms with Crippen molar-refractivity contribution in [2.24, 2.45) is 5.41 Å². The first-order chi connectivity index (χ1) is 10.8. The van der Waals surface area contributed by atoms with Crippen LogP contribution in [-0.2, 0) is 0 Å². The van der Waals surface area contributed by atoms with Gasteiger partial charge in [-0.1, -0.05) is 26.8 Å². The highest BCUT2D eigenvalue weighted by molar-refractivity contribution is 5.68. The number of amides is 1. The number of nitrogens with zero attached hydrogens (tertiary/aromatic N) is 3. The van der Waals surface area contributed by atoms with Gasteiger partial charge in [-0.05, 0) is 24.3 Å². The van der Waals surface area contributed by atoms with Gasteiger partial charge in [0.2, 0.25) is 0 Å². The van der Waals surface area contributed by atoms with Crippen molar-refractivity contribution in [2.45, 2.75) is 51.8 Å². The van der Waals surface area contributed by atoms with Crippen molar-refractivity contribution < 1.29 is 15.0 Å². The normalized spacial score (nSPS) is 22.6. The maximum Gasteiger partial charge on any atom is 0.408 e. The van der Waals surface area contributed by atoms with Crippen molar-refractivity contribution in [3.8, 4) is 0 Å². The van der Waals surface area contributed by atoms with E-state index in [1.54, 1.807) is 6.20 Å². The number of fused-ring (bicyclic) bond motifs is 1. The van der Waals surface area contributed by atoms with E-state index >= 15 is 0 Å². The second-order valence-corrected chi connectivity index (χ2v) is 7.36. The maximum absolute atomic E-state index is 12.0. The van der Waals surface area contributed by atoms with E-state index in [-0.39, 0.29) is 17.5 Å². The molecule has 1 saturated carbocycles. The third-order valence-corrected chi connectivity index (χ3v) is 4.54. The van der Waals surface area contributed by atoms with Gasteiger partial charge in [0.05, 0.1) is 12.1 Å². The number of hydrogen-bond acceptors (Lipinski definition) is 3. The third-order valence-electron chi connectivity index (χ3n) is 4.54. The van der Waals surface area contributed by atoms with Gasteiger partial charge in [-0.25, -0.2) is 9.78 Å². The van der Waals surface area contributed by atoms with Crippen LogP contribution in [0.5, 0.6) is 0 Å². The fourth-order valence-corrected chi connectivity index (χ4v) is 3.48. The molecule has 1 fully saturated rings. The van der Waals surface area contributed by atoms with Crippen LogP contribution < -0.4 is 0 Å². The van der Waals surface area contributed by atoms with Gasteiger partial charge < -0.3 is 14.6 Å². The molecule has 0 bridgehead atoms. The van der Waals surface area contributed by atoms with E-state index in [9.17, 15) is 15.0 Å². The van der Waals surface area contributed by atoms with Gasteiger partial charge in [-0.15, -0.1) is 0 Å². The van der Waals surface area contributed by atoms with Crippen LogP contribution in [0.4, 0.5) is 4.79 Å². The van der Waals surface area contributed by atoms with E-state index in [2.05, 4.69) is 4.98 Å². The van der Waals surface area contributed by atoms with Crippen molar-refractivity contribution in [1.82, 2.24) is 14.3 Å². The Labute approximate surface area is 135 Å². The van der Waals surface area contributed by atoms with Crippen molar-refractivity contribution in [3.63, 3.8) is 0 Å². The highest BCUT2D eigenvalue weighted by atomic mass is 16.4. The molecule has 6 nitrogen and oxygen atoms in total. The summed E-state index contributed by atoms with van der Waals surface area (Å²) in [5.74, 6) is 0. The van der Waals surface area contributed by atoms with E-state index in [0.717, 1.165) is 11.2 Å². The molecule has 23 heavy (non-hydrogen) atoms. The first kappa shape index (κ1) is 15.8. The first-order valence-electron chi connectivity index (χ1n) is 7.90. The van der Waals surface area contributed by atoms with E-state index in [1.165, 1.54) is 4.90 Å². The molecule has 2 N–H and O–H groups in total. The second kappa shape index (κ2) is 5.53. The molecule has 1 aliphatic carbocycles. The topological polar surface area (TPSA) is 78.1 Å². The van der Waals surface area contributed by atoms with Crippen molar-refractivity contribution in [1.29, 1.82) is 0 Å². The number of pyridine rings is 1. The fraction of sp³-hybridized carbons (Fsp3) is 0.529. The number of imidazole rings is 1. The Morgan fingerprint density at radius 3 is 2.65 bits per heavy atom. The number of rotatable bonds is 3. The molecule has 0 aliphatic heterocycles. The molecule has 1 amide bonds. The summed E-state index contributed by atoms with van der Waals surface area (Å²) in [7, 11) is 0. The third kappa shape index (κ3) is 2.79. The van der Waals surface area contributed by atoms with Crippen molar-refractivity contribution in [3.05, 3.63) is 36.3 Å². The van der Waals surface area contributed by atoms with Gasteiger partial charge >= 0.3 is 6.09 Å². The van der Waals surface area contributed by atoms with E-state index in [0.29, 0.717) is 12.8 Å². The molecule has 0 spiro atoms. The van der Waals surface area contributed by atoms with Crippen LogP contribution in [0.2, 0.25) is 0 Å². The zero-order valence-electron chi connectivity index (χ0n) is 13.7. The van der Waals surface area contributed by atoms with Gasteiger partial charge in [-0.2, -0.15) is 0 Å². The lowest BCUT2D eigenvalue weighted by molar-refractivity contribution is -0.0293. The summed E-state index contributed by atoms with van der Waals surface area (Å²) in [5.41, 5.74) is 1.37. The van der Waals surface area contributed by atoms with Crippen molar-refractivity contribution in [2.75, 3.05) is 0 Å². The summed E-state index contributed by atoms with van der Waals surface area (Å²) >= 11 is 0. The van der Waals surface area contributed by atoms with Crippen LogP contribution in [0.25, 0.3) is 5.65 Å². The van der Waals surface area contributed by atoms with Gasteiger partial charge in [0.25, 0.3) is 0 Å². The number of aliphatic hydroxyl groups excluding tert-OH is 1. The molecule has 6 heteroatoms. The maximum atomic E-state index is 12.0. The molecular formula is C17H23N3O3. The predicted molar refractivity (Wildman–Crippen MR) is 86.3 cm³/mol. The molecule has 1 unspecified atom stereocenters. The monoisotopic (exact) mass is 317 g/mol. The zero-order valence-corrected chi connectivity index (χ0v) is 13.7. The lowest BCUT2D eigenvalue weighted by atomic mass is 9.78. The largest absolute Gasteiger partial charge is 0.465 e. The summed E-state index contributed by atoms with van der Waals surface area (Å²) in [6, 6.07) is 3.38. The Bertz CT molecular complexity index is 713. The smallest absolute Gasteiger partial charge is 0.408 e. The molecule has 1 atom stereocenters. The molecule has 3 rings (SSSR count). The van der Waals surface area contributed by atoms with Gasteiger partial charge in [0.15, 0.2) is 0 Å². The van der Waals surface area contributed by atoms with Crippen molar-refractivity contribution >= 4 is 11.7 Å². The lowest BCUT2D eigenvalue weighted by Crippen LogP contribution is -2.53. The molecule has 2 aromatic rings. The Hall–Kier alpha value is -2.08. The highest BCUT2D eigenvalue weighted by Gasteiger charge is 2.44. The molecule has 0 radical (unpaired) electrons. The number of carbonyl (C=O) groups is 1. The van der Waals surface area contributed by atoms with E-state index in [1.807, 2.05) is 49.7 Å². The average Bonchev–Trinajstić information content (AvgIpc) is 2.88. The summed E-state index contributed by atoms with van der Waals surface area (Å²) in [4.78, 5) is 17.9. The molecule has 1 aliphatic rings. The predicted octanol–water partition coefficient (Wildman–Crippen LogP) is 2.92. The van der Waals surface area contributed by atoms with Crippen LogP contribution in [0.3, 0.4) is 0 Å². The number of carboxylic acid groups (broad SMARTS) is 1. The molecular weight excluding hydrogens is 294 g/mol. The van der Waals surface area contributed by atoms with E-state index < -0.39 is 12.2 Å². The molecule has 124 valence electrons. The van der Waals surface area contributed by atoms with Crippen LogP contribution in [0.15, 0.2) is 30.7 Å². The SMILES string of the molecule is CC(C)(C)C(c1cccn2ccnc12)N(C(=O)O)[C@H]1C[C@@H](O)C1. The van der Waals surface area contributed by atoms with Gasteiger partial charge in [0.1, 0.15) is 5.65 Å². The highest BCUT2D eigenvalue weighted by Crippen LogP contribution is 2.43. The first-order valence-corrected chi connectivity index (χ1v) is 7.90. The summed E-state index contributed by atoms with van der Waals surface area (Å²) in [6.07, 6.45) is 5.13. The molecule has 0 aromatic carbocycles. The van der Waals surface area contributed by atoms with E-state index in [4.69, 9.17) is 0 Å². The average molecular weight is 317 g/mol. The lowest BCUT2D eigenvalue weighted by Gasteiger charge is -2.47. The number of aromatic nitrogens is 2. The van der Waals surface area contributed by atoms with Gasteiger partial charge in [-0.3, -0.25) is 4.90 Å². The Morgan fingerprint density at radius 2 is 2.09 bits per heavy atom. The summed E-state index contributed by atoms with van der Waals surface area (Å²) in [6.45, 7) is 6.11. The van der Waals surface area contributed by atoms with Crippen LogP contribution in [0, 0.1) is 5.41 Å². The minimum absolute atomic E-state index is 0.151. The second-order valence-electron chi connectivity index (χ2n) is 7.36. The summed E-state index contributed by atoms with van der Waals surface area (Å²) in [5, 5.41) is 19.4. The quantitative estimate of drug-likeness (QED) is 0.912. The standard InChI is InChI=1S/C17H23N3O3/c1-17(2,3)14(20(16(22)23)11-9-12(21)10-11)13-5-4-7-19-8-6-18-15(13)19/h4-8,11-12,14,21H,9-10H2,1-3H3,(H,22,23)/t11-,12+,14?. The molecule has 2 aromatic heterocycles. The fourth-order valence-electron chi connectivity index (χ4n) is 3.48. The van der Waals surface area contributed by atoms with Crippen LogP contribution >= 0.6 is 0 Å². The van der Waals surface area contributed by atoms with Gasteiger partial charge in [0, 0.05) is 30.2 Å². The Balaban J connectivity index is 2.10. The van der Waals surface area contributed by atoms with Crippen LogP contribution in [0.1, 0.15) is 45.2 Å². The molecule has 2 heterocycles. The summed E-state index contributed by atoms with van der Waals surface area (Å²) < 4.78 is 1.91. The minimum atomic E-state index is -0.949. The number of hydrogen-bond donors (Lipinski definition) is 2.